The van der Waals surface area contributed by atoms with Gasteiger partial charge < -0.3 is 5.32 Å². The van der Waals surface area contributed by atoms with Gasteiger partial charge in [-0.15, -0.1) is 0 Å². The van der Waals surface area contributed by atoms with Gasteiger partial charge >= 0.3 is 0 Å². The van der Waals surface area contributed by atoms with Gasteiger partial charge in [-0.2, -0.15) is 0 Å². The molecule has 0 aliphatic carbocycles. The van der Waals surface area contributed by atoms with E-state index in [4.69, 9.17) is 11.6 Å². The second-order valence-corrected chi connectivity index (χ2v) is 4.73. The average Bonchev–Trinajstić information content (AvgIpc) is 2.42. The van der Waals surface area contributed by atoms with Gasteiger partial charge in [0.1, 0.15) is 0 Å². The van der Waals surface area contributed by atoms with Gasteiger partial charge in [0.05, 0.1) is 0 Å². The third-order valence-corrected chi connectivity index (χ3v) is 3.37. The lowest BCUT2D eigenvalue weighted by Gasteiger charge is -2.18. The van der Waals surface area contributed by atoms with Gasteiger partial charge in [0.25, 0.3) is 0 Å². The Hall–Kier alpha value is -1.45. The summed E-state index contributed by atoms with van der Waals surface area (Å²) >= 11 is 5.99. The van der Waals surface area contributed by atoms with Crippen molar-refractivity contribution in [1.29, 1.82) is 0 Å². The van der Waals surface area contributed by atoms with Crippen molar-refractivity contribution in [2.75, 3.05) is 7.05 Å². The molecule has 0 saturated carbocycles. The van der Waals surface area contributed by atoms with Gasteiger partial charge in [0.15, 0.2) is 11.6 Å². The minimum atomic E-state index is -0.927. The highest BCUT2D eigenvalue weighted by Crippen LogP contribution is 2.27. The molecule has 0 amide bonds. The molecule has 0 fully saturated rings. The SMILES string of the molecule is CNC(Cc1ccccc1)c1cc(F)c(F)cc1Cl. The maximum absolute atomic E-state index is 13.3. The fraction of sp³-hybridized carbons (Fsp3) is 0.200. The summed E-state index contributed by atoms with van der Waals surface area (Å²) in [5, 5.41) is 3.31. The largest absolute Gasteiger partial charge is 0.313 e. The molecule has 100 valence electrons. The van der Waals surface area contributed by atoms with E-state index in [1.54, 1.807) is 7.05 Å². The Bertz CT molecular complexity index is 558. The minimum absolute atomic E-state index is 0.162. The number of likely N-dealkylation sites (N-methyl/N-ethyl adjacent to an activating group) is 1. The highest BCUT2D eigenvalue weighted by Gasteiger charge is 2.16. The van der Waals surface area contributed by atoms with Gasteiger partial charge in [-0.05, 0) is 36.7 Å². The fourth-order valence-corrected chi connectivity index (χ4v) is 2.30. The minimum Gasteiger partial charge on any atom is -0.313 e. The topological polar surface area (TPSA) is 12.0 Å². The van der Waals surface area contributed by atoms with Crippen LogP contribution in [0.5, 0.6) is 0 Å². The van der Waals surface area contributed by atoms with Gasteiger partial charge in [0, 0.05) is 11.1 Å². The maximum Gasteiger partial charge on any atom is 0.160 e. The van der Waals surface area contributed by atoms with Crippen molar-refractivity contribution in [2.24, 2.45) is 0 Å². The van der Waals surface area contributed by atoms with Crippen molar-refractivity contribution in [1.82, 2.24) is 5.32 Å². The van der Waals surface area contributed by atoms with Gasteiger partial charge in [-0.25, -0.2) is 8.78 Å². The van der Waals surface area contributed by atoms with Crippen LogP contribution < -0.4 is 5.32 Å². The molecular formula is C15H14ClF2N. The lowest BCUT2D eigenvalue weighted by atomic mass is 9.99. The predicted molar refractivity (Wildman–Crippen MR) is 73.3 cm³/mol. The van der Waals surface area contributed by atoms with E-state index in [1.165, 1.54) is 0 Å². The van der Waals surface area contributed by atoms with Crippen LogP contribution in [0.1, 0.15) is 17.2 Å². The van der Waals surface area contributed by atoms with Crippen molar-refractivity contribution in [2.45, 2.75) is 12.5 Å². The monoisotopic (exact) mass is 281 g/mol. The lowest BCUT2D eigenvalue weighted by Crippen LogP contribution is -2.19. The van der Waals surface area contributed by atoms with Gasteiger partial charge in [-0.3, -0.25) is 0 Å². The number of benzene rings is 2. The normalized spacial score (nSPS) is 12.4. The molecule has 0 aromatic heterocycles. The van der Waals surface area contributed by atoms with Crippen LogP contribution in [0.25, 0.3) is 0 Å². The molecule has 1 atom stereocenters. The van der Waals surface area contributed by atoms with E-state index in [9.17, 15) is 8.78 Å². The number of hydrogen-bond donors (Lipinski definition) is 1. The molecule has 0 heterocycles. The number of rotatable bonds is 4. The van der Waals surface area contributed by atoms with E-state index in [-0.39, 0.29) is 11.1 Å². The predicted octanol–water partition coefficient (Wildman–Crippen LogP) is 4.12. The molecule has 19 heavy (non-hydrogen) atoms. The third kappa shape index (κ3) is 3.31. The zero-order valence-corrected chi connectivity index (χ0v) is 11.2. The molecule has 2 aromatic rings. The first kappa shape index (κ1) is 14.0. The van der Waals surface area contributed by atoms with E-state index in [1.807, 2.05) is 30.3 Å². The fourth-order valence-electron chi connectivity index (χ4n) is 2.02. The van der Waals surface area contributed by atoms with Crippen LogP contribution in [0.15, 0.2) is 42.5 Å². The molecule has 0 spiro atoms. The first-order chi connectivity index (χ1) is 9.11. The number of halogens is 3. The summed E-state index contributed by atoms with van der Waals surface area (Å²) in [7, 11) is 1.77. The molecule has 2 rings (SSSR count). The molecule has 0 saturated heterocycles. The second kappa shape index (κ2) is 6.13. The van der Waals surface area contributed by atoms with Crippen LogP contribution in [0.3, 0.4) is 0 Å². The average molecular weight is 282 g/mol. The standard InChI is InChI=1S/C15H14ClF2N/c1-19-15(7-10-5-3-2-4-6-10)11-8-13(17)14(18)9-12(11)16/h2-6,8-9,15,19H,7H2,1H3. The van der Waals surface area contributed by atoms with Crippen molar-refractivity contribution in [3.05, 3.63) is 70.2 Å². The summed E-state index contributed by atoms with van der Waals surface area (Å²) in [6, 6.07) is 11.8. The van der Waals surface area contributed by atoms with Crippen molar-refractivity contribution in [3.63, 3.8) is 0 Å². The van der Waals surface area contributed by atoms with Gasteiger partial charge in [-0.1, -0.05) is 41.9 Å². The second-order valence-electron chi connectivity index (χ2n) is 4.32. The van der Waals surface area contributed by atoms with E-state index in [2.05, 4.69) is 5.32 Å². The Balaban J connectivity index is 2.30. The number of hydrogen-bond acceptors (Lipinski definition) is 1. The van der Waals surface area contributed by atoms with Crippen molar-refractivity contribution < 1.29 is 8.78 Å². The van der Waals surface area contributed by atoms with Crippen LogP contribution in [0, 0.1) is 11.6 Å². The summed E-state index contributed by atoms with van der Waals surface area (Å²) in [4.78, 5) is 0. The Morgan fingerprint density at radius 2 is 1.74 bits per heavy atom. The summed E-state index contributed by atoms with van der Waals surface area (Å²) < 4.78 is 26.4. The zero-order valence-electron chi connectivity index (χ0n) is 10.5. The Morgan fingerprint density at radius 3 is 2.37 bits per heavy atom. The molecule has 2 aromatic carbocycles. The van der Waals surface area contributed by atoms with Crippen LogP contribution >= 0.6 is 11.6 Å². The molecule has 0 radical (unpaired) electrons. The van der Waals surface area contributed by atoms with E-state index in [0.29, 0.717) is 12.0 Å². The van der Waals surface area contributed by atoms with Crippen LogP contribution in [0.2, 0.25) is 5.02 Å². The third-order valence-electron chi connectivity index (χ3n) is 3.05. The van der Waals surface area contributed by atoms with Gasteiger partial charge in [0.2, 0.25) is 0 Å². The summed E-state index contributed by atoms with van der Waals surface area (Å²) in [6.45, 7) is 0. The lowest BCUT2D eigenvalue weighted by molar-refractivity contribution is 0.501. The molecule has 0 aliphatic rings. The van der Waals surface area contributed by atoms with Crippen LogP contribution in [-0.2, 0) is 6.42 Å². The molecular weight excluding hydrogens is 268 g/mol. The molecule has 0 aliphatic heterocycles. The van der Waals surface area contributed by atoms with Crippen LogP contribution in [0.4, 0.5) is 8.78 Å². The Kier molecular flexibility index (Phi) is 4.51. The van der Waals surface area contributed by atoms with E-state index >= 15 is 0 Å². The highest BCUT2D eigenvalue weighted by atomic mass is 35.5. The maximum atomic E-state index is 13.3. The van der Waals surface area contributed by atoms with Crippen LogP contribution in [-0.4, -0.2) is 7.05 Å². The Labute approximate surface area is 116 Å². The van der Waals surface area contributed by atoms with Crippen molar-refractivity contribution >= 4 is 11.6 Å². The summed E-state index contributed by atoms with van der Waals surface area (Å²) in [5.41, 5.74) is 1.66. The summed E-state index contributed by atoms with van der Waals surface area (Å²) in [5.74, 6) is -1.81. The molecule has 0 bridgehead atoms. The molecule has 4 heteroatoms. The molecule has 1 N–H and O–H groups in total. The summed E-state index contributed by atoms with van der Waals surface area (Å²) in [6.07, 6.45) is 0.655. The van der Waals surface area contributed by atoms with E-state index in [0.717, 1.165) is 17.7 Å². The number of nitrogens with one attached hydrogen (secondary N) is 1. The highest BCUT2D eigenvalue weighted by molar-refractivity contribution is 6.31. The first-order valence-corrected chi connectivity index (χ1v) is 6.35. The van der Waals surface area contributed by atoms with Crippen molar-refractivity contribution in [3.8, 4) is 0 Å². The smallest absolute Gasteiger partial charge is 0.160 e. The quantitative estimate of drug-likeness (QED) is 0.831. The zero-order chi connectivity index (χ0) is 13.8. The molecule has 1 nitrogen and oxygen atoms in total. The Morgan fingerprint density at radius 1 is 1.11 bits per heavy atom. The molecule has 1 unspecified atom stereocenters. The first-order valence-electron chi connectivity index (χ1n) is 5.97. The van der Waals surface area contributed by atoms with E-state index < -0.39 is 11.6 Å².